The molecule has 1 unspecified atom stereocenters. The SMILES string of the molecule is COC(=O)O[C@@]12CO[C@@H]1C[C@H](O)[C@@]1(C)C(=O)C(OC(C)=O)=C3C(C)[C@@H](OC(=O)[C@H](O)[C@@H](NCOC(C)(C)C)C(C)(C)C)C[C@@](O)([C@@H](OC(=O)c4ccccc4)[C@H]21)C3(C)C. The summed E-state index contributed by atoms with van der Waals surface area (Å²) in [4.78, 5) is 69.8. The zero-order valence-corrected chi connectivity index (χ0v) is 36.1. The summed E-state index contributed by atoms with van der Waals surface area (Å²) in [6, 6.07) is 6.98. The number of esters is 3. The van der Waals surface area contributed by atoms with Crippen LogP contribution in [0, 0.1) is 28.1 Å². The Kier molecular flexibility index (Phi) is 12.6. The molecule has 0 spiro atoms. The summed E-state index contributed by atoms with van der Waals surface area (Å²) in [7, 11) is 1.08. The number of Topliss-reactive ketones (excluding diaryl/α,β-unsaturated/α-hetero) is 1. The van der Waals surface area contributed by atoms with Gasteiger partial charge in [0.2, 0.25) is 5.78 Å². The van der Waals surface area contributed by atoms with Crippen LogP contribution in [0.2, 0.25) is 0 Å². The van der Waals surface area contributed by atoms with Crippen molar-refractivity contribution >= 4 is 29.8 Å². The Morgan fingerprint density at radius 2 is 1.64 bits per heavy atom. The van der Waals surface area contributed by atoms with Gasteiger partial charge in [0.05, 0.1) is 55.1 Å². The molecule has 328 valence electrons. The van der Waals surface area contributed by atoms with Gasteiger partial charge in [-0.15, -0.1) is 0 Å². The Balaban J connectivity index is 1.74. The summed E-state index contributed by atoms with van der Waals surface area (Å²) in [5.74, 6) is -6.90. The monoisotopic (exact) mass is 831 g/mol. The number of fused-ring (bicyclic) bond motifs is 5. The van der Waals surface area contributed by atoms with Gasteiger partial charge in [0, 0.05) is 31.1 Å². The maximum absolute atomic E-state index is 15.4. The van der Waals surface area contributed by atoms with Crippen LogP contribution in [0.25, 0.3) is 0 Å². The lowest BCUT2D eigenvalue weighted by Crippen LogP contribution is -2.81. The van der Waals surface area contributed by atoms with Gasteiger partial charge in [-0.1, -0.05) is 59.7 Å². The van der Waals surface area contributed by atoms with Crippen LogP contribution in [0.1, 0.15) is 99.4 Å². The van der Waals surface area contributed by atoms with Gasteiger partial charge in [0.1, 0.15) is 23.9 Å². The zero-order chi connectivity index (χ0) is 44.3. The molecule has 2 saturated carbocycles. The standard InChI is InChI=1S/C43H61NO15/c1-22-25(57-36(50)29(47)32(38(3,4)5)44-21-55-39(6,7)8)19-43(52)34(58-35(49)24-16-14-13-15-17-24)31-41(11,33(48)30(56-23(2)45)28(22)40(43,9)10)26(46)18-27-42(31,20-54-27)59-37(51)53-12/h13-17,22,25-27,29,31-32,34,44,46-47,52H,18-21H2,1-12H3/t22?,25-,26-,27+,29+,31-,32+,34-,41+,42-,43+/m0/s1. The Bertz CT molecular complexity index is 1830. The number of carbonyl (C=O) groups excluding carboxylic acids is 5. The van der Waals surface area contributed by atoms with E-state index in [0.29, 0.717) is 0 Å². The van der Waals surface area contributed by atoms with Crippen molar-refractivity contribution in [2.45, 2.75) is 142 Å². The average Bonchev–Trinajstić information content (AvgIpc) is 3.13. The minimum absolute atomic E-state index is 0.00906. The summed E-state index contributed by atoms with van der Waals surface area (Å²) in [5, 5.41) is 40.4. The van der Waals surface area contributed by atoms with E-state index in [1.54, 1.807) is 39.0 Å². The van der Waals surface area contributed by atoms with Crippen molar-refractivity contribution in [2.24, 2.45) is 28.1 Å². The van der Waals surface area contributed by atoms with E-state index >= 15 is 4.79 Å². The molecule has 0 amide bonds. The van der Waals surface area contributed by atoms with E-state index in [2.05, 4.69) is 5.32 Å². The van der Waals surface area contributed by atoms with Gasteiger partial charge >= 0.3 is 24.1 Å². The van der Waals surface area contributed by atoms with Gasteiger partial charge in [0.25, 0.3) is 0 Å². The normalized spacial score (nSPS) is 33.7. The smallest absolute Gasteiger partial charge is 0.460 e. The molecule has 1 saturated heterocycles. The lowest BCUT2D eigenvalue weighted by molar-refractivity contribution is -0.343. The number of ketones is 1. The second-order valence-electron chi connectivity index (χ2n) is 19.1. The van der Waals surface area contributed by atoms with Gasteiger partial charge in [-0.3, -0.25) is 14.9 Å². The Morgan fingerprint density at radius 1 is 1.02 bits per heavy atom. The fourth-order valence-corrected chi connectivity index (χ4v) is 9.54. The van der Waals surface area contributed by atoms with Crippen LogP contribution >= 0.6 is 0 Å². The number of rotatable bonds is 10. The van der Waals surface area contributed by atoms with E-state index in [4.69, 9.17) is 33.2 Å². The van der Waals surface area contributed by atoms with E-state index in [1.165, 1.54) is 19.1 Å². The van der Waals surface area contributed by atoms with E-state index < -0.39 is 123 Å². The van der Waals surface area contributed by atoms with Crippen molar-refractivity contribution in [2.75, 3.05) is 20.4 Å². The molecule has 3 aliphatic carbocycles. The number of aliphatic hydroxyl groups is 3. The van der Waals surface area contributed by atoms with Crippen LogP contribution in [-0.4, -0.2) is 119 Å². The predicted molar refractivity (Wildman–Crippen MR) is 208 cm³/mol. The van der Waals surface area contributed by atoms with Crippen LogP contribution < -0.4 is 5.32 Å². The highest BCUT2D eigenvalue weighted by Crippen LogP contribution is 2.65. The van der Waals surface area contributed by atoms with Crippen molar-refractivity contribution in [1.82, 2.24) is 5.32 Å². The van der Waals surface area contributed by atoms with E-state index in [1.807, 2.05) is 41.5 Å². The second kappa shape index (κ2) is 16.2. The summed E-state index contributed by atoms with van der Waals surface area (Å²) >= 11 is 0. The molecule has 0 aromatic heterocycles. The Labute approximate surface area is 345 Å². The van der Waals surface area contributed by atoms with Crippen molar-refractivity contribution in [3.05, 3.63) is 47.2 Å². The topological polar surface area (TPSA) is 223 Å². The van der Waals surface area contributed by atoms with Crippen LogP contribution in [0.5, 0.6) is 0 Å². The van der Waals surface area contributed by atoms with Crippen LogP contribution in [0.15, 0.2) is 41.7 Å². The van der Waals surface area contributed by atoms with Crippen molar-refractivity contribution in [3.63, 3.8) is 0 Å². The Morgan fingerprint density at radius 3 is 2.17 bits per heavy atom. The molecule has 1 aromatic carbocycles. The first-order valence-electron chi connectivity index (χ1n) is 20.0. The molecule has 0 radical (unpaired) electrons. The number of carbonyl (C=O) groups is 5. The highest BCUT2D eigenvalue weighted by atomic mass is 16.8. The van der Waals surface area contributed by atoms with Crippen molar-refractivity contribution in [1.29, 1.82) is 0 Å². The lowest BCUT2D eigenvalue weighted by atomic mass is 9.45. The molecule has 59 heavy (non-hydrogen) atoms. The third kappa shape index (κ3) is 8.16. The molecule has 16 heteroatoms. The third-order valence-electron chi connectivity index (χ3n) is 12.8. The first-order valence-corrected chi connectivity index (χ1v) is 20.0. The first kappa shape index (κ1) is 46.1. The fraction of sp³-hybridized carbons (Fsp3) is 0.698. The number of ether oxygens (including phenoxy) is 7. The van der Waals surface area contributed by atoms with Gasteiger partial charge in [-0.25, -0.2) is 14.4 Å². The van der Waals surface area contributed by atoms with Gasteiger partial charge in [0.15, 0.2) is 17.5 Å². The summed E-state index contributed by atoms with van der Waals surface area (Å²) in [5.41, 5.74) is -9.08. The van der Waals surface area contributed by atoms with E-state index in [0.717, 1.165) is 14.0 Å². The summed E-state index contributed by atoms with van der Waals surface area (Å²) in [6.07, 6.45) is -9.47. The van der Waals surface area contributed by atoms with Gasteiger partial charge in [-0.2, -0.15) is 0 Å². The third-order valence-corrected chi connectivity index (χ3v) is 12.8. The molecular weight excluding hydrogens is 770 g/mol. The highest BCUT2D eigenvalue weighted by molar-refractivity contribution is 6.02. The van der Waals surface area contributed by atoms with Crippen LogP contribution in [0.4, 0.5) is 4.79 Å². The number of hydrogen-bond donors (Lipinski definition) is 4. The number of hydrogen-bond acceptors (Lipinski definition) is 16. The number of allylic oxidation sites excluding steroid dienone is 1. The number of benzene rings is 1. The van der Waals surface area contributed by atoms with E-state index in [-0.39, 0.29) is 30.9 Å². The molecule has 1 aliphatic heterocycles. The number of methoxy groups -OCH3 is 1. The van der Waals surface area contributed by atoms with Gasteiger partial charge in [-0.05, 0) is 50.8 Å². The van der Waals surface area contributed by atoms with Crippen LogP contribution in [0.3, 0.4) is 0 Å². The van der Waals surface area contributed by atoms with E-state index in [9.17, 15) is 34.5 Å². The molecular formula is C43H61NO15. The maximum Gasteiger partial charge on any atom is 0.508 e. The van der Waals surface area contributed by atoms with Crippen LogP contribution in [-0.2, 0) is 47.5 Å². The molecule has 4 aliphatic rings. The zero-order valence-electron chi connectivity index (χ0n) is 36.1. The second-order valence-corrected chi connectivity index (χ2v) is 19.1. The number of nitrogens with one attached hydrogen (secondary N) is 1. The van der Waals surface area contributed by atoms with Gasteiger partial charge < -0.3 is 48.5 Å². The minimum atomic E-state index is -2.36. The largest absolute Gasteiger partial charge is 0.508 e. The maximum atomic E-state index is 15.4. The van der Waals surface area contributed by atoms with Crippen molar-refractivity contribution < 1.29 is 72.5 Å². The summed E-state index contributed by atoms with van der Waals surface area (Å²) < 4.78 is 40.8. The molecule has 1 heterocycles. The lowest BCUT2D eigenvalue weighted by Gasteiger charge is -2.67. The molecule has 1 aromatic rings. The quantitative estimate of drug-likeness (QED) is 0.150. The average molecular weight is 832 g/mol. The highest BCUT2D eigenvalue weighted by Gasteiger charge is 2.78. The van der Waals surface area contributed by atoms with Crippen molar-refractivity contribution in [3.8, 4) is 0 Å². The summed E-state index contributed by atoms with van der Waals surface area (Å²) in [6.45, 7) is 17.9. The molecule has 5 rings (SSSR count). The molecule has 11 atom stereocenters. The molecule has 2 bridgehead atoms. The predicted octanol–water partition coefficient (Wildman–Crippen LogP) is 3.77. The molecule has 16 nitrogen and oxygen atoms in total. The number of aliphatic hydroxyl groups excluding tert-OH is 2. The fourth-order valence-electron chi connectivity index (χ4n) is 9.54. The Hall–Kier alpha value is -3.93. The first-order chi connectivity index (χ1) is 27.2. The minimum Gasteiger partial charge on any atom is -0.460 e. The molecule has 3 fully saturated rings. The molecule has 4 N–H and O–H groups in total.